The van der Waals surface area contributed by atoms with E-state index in [1.165, 1.54) is 24.9 Å². The average molecular weight is 274 g/mol. The highest BCUT2D eigenvalue weighted by Gasteiger charge is 2.32. The minimum atomic E-state index is 0.206. The standard InChI is InChI=1S/C18H27P/c1-16(2,3)12-9-13(17(4,5)6)15-14(10-12)18(7,8)11-19-15/h9-11H,1-8H3. The molecule has 1 aromatic rings. The van der Waals surface area contributed by atoms with E-state index >= 15 is 0 Å². The lowest BCUT2D eigenvalue weighted by molar-refractivity contribution is 0.567. The van der Waals surface area contributed by atoms with Crippen LogP contribution in [0.5, 0.6) is 0 Å². The Labute approximate surface area is 120 Å². The van der Waals surface area contributed by atoms with Crippen LogP contribution in [0, 0.1) is 0 Å². The first-order valence-corrected chi connectivity index (χ1v) is 8.14. The molecule has 2 rings (SSSR count). The van der Waals surface area contributed by atoms with Crippen LogP contribution < -0.4 is 5.30 Å². The summed E-state index contributed by atoms with van der Waals surface area (Å²) < 4.78 is 0. The molecule has 19 heavy (non-hydrogen) atoms. The maximum Gasteiger partial charge on any atom is 0.0131 e. The van der Waals surface area contributed by atoms with Gasteiger partial charge in [0.05, 0.1) is 0 Å². The van der Waals surface area contributed by atoms with Crippen molar-refractivity contribution in [2.45, 2.75) is 71.6 Å². The second-order valence-corrected chi connectivity index (χ2v) is 9.36. The third-order valence-electron chi connectivity index (χ3n) is 3.99. The molecule has 0 unspecified atom stereocenters. The van der Waals surface area contributed by atoms with Gasteiger partial charge in [0.15, 0.2) is 0 Å². The first-order chi connectivity index (χ1) is 8.43. The Morgan fingerprint density at radius 1 is 0.895 bits per heavy atom. The zero-order chi connectivity index (χ0) is 14.6. The zero-order valence-electron chi connectivity index (χ0n) is 13.7. The second kappa shape index (κ2) is 4.19. The predicted molar refractivity (Wildman–Crippen MR) is 89.5 cm³/mol. The van der Waals surface area contributed by atoms with Gasteiger partial charge in [0, 0.05) is 10.7 Å². The van der Waals surface area contributed by atoms with E-state index in [4.69, 9.17) is 0 Å². The molecular weight excluding hydrogens is 247 g/mol. The van der Waals surface area contributed by atoms with E-state index < -0.39 is 0 Å². The fourth-order valence-corrected chi connectivity index (χ4v) is 4.19. The molecule has 1 aromatic carbocycles. The molecule has 1 heteroatoms. The van der Waals surface area contributed by atoms with Gasteiger partial charge in [-0.05, 0) is 33.3 Å². The lowest BCUT2D eigenvalue weighted by Crippen LogP contribution is -2.27. The topological polar surface area (TPSA) is 0 Å². The van der Waals surface area contributed by atoms with Crippen molar-refractivity contribution in [3.05, 3.63) is 28.8 Å². The van der Waals surface area contributed by atoms with Crippen LogP contribution in [0.25, 0.3) is 0 Å². The van der Waals surface area contributed by atoms with Gasteiger partial charge in [-0.1, -0.05) is 75.7 Å². The van der Waals surface area contributed by atoms with Gasteiger partial charge in [-0.25, -0.2) is 0 Å². The van der Waals surface area contributed by atoms with Crippen molar-refractivity contribution >= 4 is 19.3 Å². The Morgan fingerprint density at radius 2 is 1.47 bits per heavy atom. The molecule has 0 fully saturated rings. The first kappa shape index (κ1) is 14.8. The monoisotopic (exact) mass is 274 g/mol. The average Bonchev–Trinajstić information content (AvgIpc) is 2.51. The summed E-state index contributed by atoms with van der Waals surface area (Å²) in [7, 11) is 1.39. The Morgan fingerprint density at radius 3 is 1.95 bits per heavy atom. The molecule has 0 radical (unpaired) electrons. The lowest BCUT2D eigenvalue weighted by Gasteiger charge is -2.29. The summed E-state index contributed by atoms with van der Waals surface area (Å²) in [5.74, 6) is 2.44. The van der Waals surface area contributed by atoms with Crippen LogP contribution in [-0.4, -0.2) is 5.80 Å². The van der Waals surface area contributed by atoms with E-state index in [1.807, 2.05) is 0 Å². The van der Waals surface area contributed by atoms with Crippen molar-refractivity contribution in [3.63, 3.8) is 0 Å². The Bertz CT molecular complexity index is 534. The van der Waals surface area contributed by atoms with E-state index in [0.29, 0.717) is 0 Å². The number of hydrogen-bond acceptors (Lipinski definition) is 0. The van der Waals surface area contributed by atoms with Gasteiger partial charge >= 0.3 is 0 Å². The first-order valence-electron chi connectivity index (χ1n) is 7.18. The fourth-order valence-electron chi connectivity index (χ4n) is 2.56. The van der Waals surface area contributed by atoms with E-state index in [-0.39, 0.29) is 16.2 Å². The molecule has 0 saturated carbocycles. The summed E-state index contributed by atoms with van der Waals surface area (Å²) in [6.45, 7) is 18.6. The molecule has 0 N–H and O–H groups in total. The van der Waals surface area contributed by atoms with Crippen molar-refractivity contribution < 1.29 is 0 Å². The summed E-state index contributed by atoms with van der Waals surface area (Å²) in [4.78, 5) is 0. The molecule has 1 aliphatic rings. The summed E-state index contributed by atoms with van der Waals surface area (Å²) in [5, 5.41) is 1.55. The van der Waals surface area contributed by atoms with Gasteiger partial charge in [0.2, 0.25) is 0 Å². The van der Waals surface area contributed by atoms with Crippen molar-refractivity contribution in [2.24, 2.45) is 0 Å². The summed E-state index contributed by atoms with van der Waals surface area (Å²) in [6, 6.07) is 4.89. The Balaban J connectivity index is 2.76. The normalized spacial score (nSPS) is 18.5. The van der Waals surface area contributed by atoms with Crippen LogP contribution in [0.3, 0.4) is 0 Å². The quantitative estimate of drug-likeness (QED) is 0.587. The molecule has 0 aromatic heterocycles. The SMILES string of the molecule is CC(C)(C)c1cc(C(C)(C)C)c2c(c1)C(C)(C)C=P2. The van der Waals surface area contributed by atoms with E-state index in [2.05, 4.69) is 73.3 Å². The molecule has 0 saturated heterocycles. The Hall–Kier alpha value is -0.610. The maximum atomic E-state index is 2.45. The second-order valence-electron chi connectivity index (χ2n) is 8.40. The number of fused-ring (bicyclic) bond motifs is 1. The molecule has 0 atom stereocenters. The van der Waals surface area contributed by atoms with Crippen LogP contribution >= 0.6 is 8.20 Å². The molecule has 0 aliphatic carbocycles. The van der Waals surface area contributed by atoms with Gasteiger partial charge in [-0.2, -0.15) is 0 Å². The van der Waals surface area contributed by atoms with Crippen LogP contribution in [0.1, 0.15) is 72.1 Å². The van der Waals surface area contributed by atoms with Gasteiger partial charge in [-0.3, -0.25) is 0 Å². The highest BCUT2D eigenvalue weighted by molar-refractivity contribution is 7.48. The van der Waals surface area contributed by atoms with E-state index in [1.54, 1.807) is 5.30 Å². The smallest absolute Gasteiger partial charge is 0.0131 e. The Kier molecular flexibility index (Phi) is 3.26. The molecule has 1 heterocycles. The summed E-state index contributed by atoms with van der Waals surface area (Å²) >= 11 is 0. The fraction of sp³-hybridized carbons (Fsp3) is 0.611. The molecule has 0 bridgehead atoms. The molecule has 0 nitrogen and oxygen atoms in total. The van der Waals surface area contributed by atoms with E-state index in [0.717, 1.165) is 0 Å². The highest BCUT2D eigenvalue weighted by atomic mass is 31.1. The van der Waals surface area contributed by atoms with Crippen molar-refractivity contribution in [1.82, 2.24) is 0 Å². The molecule has 0 spiro atoms. The van der Waals surface area contributed by atoms with Crippen molar-refractivity contribution in [2.75, 3.05) is 0 Å². The van der Waals surface area contributed by atoms with Crippen LogP contribution in [-0.2, 0) is 16.2 Å². The van der Waals surface area contributed by atoms with Crippen LogP contribution in [0.4, 0.5) is 0 Å². The minimum Gasteiger partial charge on any atom is -0.0713 e. The third kappa shape index (κ3) is 2.65. The van der Waals surface area contributed by atoms with Gasteiger partial charge in [0.1, 0.15) is 0 Å². The maximum absolute atomic E-state index is 2.45. The minimum absolute atomic E-state index is 0.206. The van der Waals surface area contributed by atoms with Crippen LogP contribution in [0.2, 0.25) is 0 Å². The van der Waals surface area contributed by atoms with Gasteiger partial charge < -0.3 is 0 Å². The van der Waals surface area contributed by atoms with Gasteiger partial charge in [-0.15, -0.1) is 0 Å². The molecule has 104 valence electrons. The lowest BCUT2D eigenvalue weighted by atomic mass is 9.75. The highest BCUT2D eigenvalue weighted by Crippen LogP contribution is 2.38. The number of rotatable bonds is 0. The van der Waals surface area contributed by atoms with Crippen molar-refractivity contribution in [1.29, 1.82) is 0 Å². The number of hydrogen-bond donors (Lipinski definition) is 0. The number of benzene rings is 1. The predicted octanol–water partition coefficient (Wildman–Crippen LogP) is 4.95. The molecule has 1 aliphatic heterocycles. The molecule has 0 amide bonds. The summed E-state index contributed by atoms with van der Waals surface area (Å²) in [6.07, 6.45) is 0. The third-order valence-corrected chi connectivity index (χ3v) is 5.51. The zero-order valence-corrected chi connectivity index (χ0v) is 14.6. The summed E-state index contributed by atoms with van der Waals surface area (Å²) in [5.41, 5.74) is 5.16. The van der Waals surface area contributed by atoms with Gasteiger partial charge in [0.25, 0.3) is 0 Å². The largest absolute Gasteiger partial charge is 0.0713 e. The van der Waals surface area contributed by atoms with Crippen molar-refractivity contribution in [3.8, 4) is 0 Å². The van der Waals surface area contributed by atoms with Crippen LogP contribution in [0.15, 0.2) is 12.1 Å². The molecular formula is C18H27P. The van der Waals surface area contributed by atoms with E-state index in [9.17, 15) is 0 Å².